The highest BCUT2D eigenvalue weighted by molar-refractivity contribution is 5.87. The van der Waals surface area contributed by atoms with E-state index in [1.54, 1.807) is 36.7 Å². The number of hydrogen-bond donors (Lipinski definition) is 0. The Bertz CT molecular complexity index is 492. The summed E-state index contributed by atoms with van der Waals surface area (Å²) in [7, 11) is 0. The van der Waals surface area contributed by atoms with Crippen molar-refractivity contribution >= 4 is 11.6 Å². The van der Waals surface area contributed by atoms with Crippen molar-refractivity contribution in [2.45, 2.75) is 0 Å². The fraction of sp³-hybridized carbons (Fsp3) is 0. The molecule has 0 aliphatic heterocycles. The third-order valence-corrected chi connectivity index (χ3v) is 1.89. The first-order valence-corrected chi connectivity index (χ1v) is 4.47. The van der Waals surface area contributed by atoms with Gasteiger partial charge in [0.05, 0.1) is 17.5 Å². The van der Waals surface area contributed by atoms with Gasteiger partial charge < -0.3 is 4.42 Å². The molecule has 0 bridgehead atoms. The van der Waals surface area contributed by atoms with E-state index in [9.17, 15) is 0 Å². The molecule has 0 radical (unpaired) electrons. The average molecular weight is 196 g/mol. The van der Waals surface area contributed by atoms with Crippen LogP contribution in [0, 0.1) is 11.3 Å². The minimum absolute atomic E-state index is 0.491. The fourth-order valence-corrected chi connectivity index (χ4v) is 1.20. The summed E-state index contributed by atoms with van der Waals surface area (Å²) in [5.74, 6) is 0.650. The Morgan fingerprint density at radius 2 is 2.27 bits per heavy atom. The number of aromatic nitrogens is 1. The Labute approximate surface area is 87.3 Å². The maximum atomic E-state index is 8.98. The Balaban J connectivity index is 2.38. The minimum atomic E-state index is 0.491. The first-order chi connectivity index (χ1) is 7.40. The third-order valence-electron chi connectivity index (χ3n) is 1.89. The first-order valence-electron chi connectivity index (χ1n) is 4.47. The van der Waals surface area contributed by atoms with Crippen molar-refractivity contribution in [3.8, 4) is 6.07 Å². The Hall–Kier alpha value is -2.34. The van der Waals surface area contributed by atoms with Crippen LogP contribution in [-0.2, 0) is 0 Å². The molecule has 3 nitrogen and oxygen atoms in total. The molecule has 3 heteroatoms. The third kappa shape index (κ3) is 2.12. The van der Waals surface area contributed by atoms with Crippen molar-refractivity contribution in [1.29, 1.82) is 5.26 Å². The largest absolute Gasteiger partial charge is 0.465 e. The van der Waals surface area contributed by atoms with E-state index in [4.69, 9.17) is 9.68 Å². The highest BCUT2D eigenvalue weighted by Gasteiger charge is 2.02. The van der Waals surface area contributed by atoms with E-state index < -0.39 is 0 Å². The molecule has 0 aliphatic carbocycles. The number of nitrogens with zero attached hydrogens (tertiary/aromatic N) is 2. The smallest absolute Gasteiger partial charge is 0.128 e. The highest BCUT2D eigenvalue weighted by atomic mass is 16.3. The fourth-order valence-electron chi connectivity index (χ4n) is 1.20. The van der Waals surface area contributed by atoms with Gasteiger partial charge in [0, 0.05) is 12.3 Å². The molecule has 0 saturated carbocycles. The number of pyridine rings is 1. The molecule has 15 heavy (non-hydrogen) atoms. The van der Waals surface area contributed by atoms with E-state index in [-0.39, 0.29) is 0 Å². The van der Waals surface area contributed by atoms with E-state index in [2.05, 4.69) is 11.1 Å². The zero-order valence-corrected chi connectivity index (χ0v) is 7.92. The second-order valence-corrected chi connectivity index (χ2v) is 2.90. The van der Waals surface area contributed by atoms with Gasteiger partial charge in [0.1, 0.15) is 11.8 Å². The summed E-state index contributed by atoms with van der Waals surface area (Å²) in [4.78, 5) is 4.10. The molecule has 0 N–H and O–H groups in total. The number of furan rings is 1. The van der Waals surface area contributed by atoms with Crippen molar-refractivity contribution in [3.05, 3.63) is 54.2 Å². The second kappa shape index (κ2) is 4.25. The molecule has 72 valence electrons. The molecule has 2 aromatic heterocycles. The standard InChI is InChI=1S/C12H8N2O/c13-9-10(8-11-4-3-7-15-11)12-5-1-2-6-14-12/h1-8H. The summed E-state index contributed by atoms with van der Waals surface area (Å²) in [5, 5.41) is 8.98. The van der Waals surface area contributed by atoms with Crippen LogP contribution in [0.15, 0.2) is 47.2 Å². The van der Waals surface area contributed by atoms with Crippen molar-refractivity contribution in [1.82, 2.24) is 4.98 Å². The molecule has 2 aromatic rings. The van der Waals surface area contributed by atoms with Crippen molar-refractivity contribution in [3.63, 3.8) is 0 Å². The molecular formula is C12H8N2O. The van der Waals surface area contributed by atoms with E-state index >= 15 is 0 Å². The zero-order valence-electron chi connectivity index (χ0n) is 7.92. The lowest BCUT2D eigenvalue weighted by atomic mass is 10.1. The molecular weight excluding hydrogens is 188 g/mol. The summed E-state index contributed by atoms with van der Waals surface area (Å²) in [6.07, 6.45) is 4.89. The molecule has 0 unspecified atom stereocenters. The van der Waals surface area contributed by atoms with E-state index in [0.29, 0.717) is 17.0 Å². The van der Waals surface area contributed by atoms with Crippen LogP contribution < -0.4 is 0 Å². The molecule has 2 rings (SSSR count). The summed E-state index contributed by atoms with van der Waals surface area (Å²) in [5.41, 5.74) is 1.14. The number of rotatable bonds is 2. The van der Waals surface area contributed by atoms with Crippen LogP contribution in [0.5, 0.6) is 0 Å². The van der Waals surface area contributed by atoms with Gasteiger partial charge in [0.25, 0.3) is 0 Å². The lowest BCUT2D eigenvalue weighted by Gasteiger charge is -1.95. The van der Waals surface area contributed by atoms with Gasteiger partial charge in [-0.05, 0) is 24.3 Å². The number of nitriles is 1. The topological polar surface area (TPSA) is 49.8 Å². The van der Waals surface area contributed by atoms with Crippen LogP contribution in [0.3, 0.4) is 0 Å². The van der Waals surface area contributed by atoms with Gasteiger partial charge in [0.2, 0.25) is 0 Å². The quantitative estimate of drug-likeness (QED) is 0.694. The summed E-state index contributed by atoms with van der Waals surface area (Å²) >= 11 is 0. The second-order valence-electron chi connectivity index (χ2n) is 2.90. The van der Waals surface area contributed by atoms with Crippen LogP contribution in [0.1, 0.15) is 11.5 Å². The molecule has 0 fully saturated rings. The molecule has 0 amide bonds. The van der Waals surface area contributed by atoms with E-state index in [0.717, 1.165) is 0 Å². The maximum absolute atomic E-state index is 8.98. The van der Waals surface area contributed by atoms with Crippen molar-refractivity contribution < 1.29 is 4.42 Å². The van der Waals surface area contributed by atoms with Crippen molar-refractivity contribution in [2.75, 3.05) is 0 Å². The minimum Gasteiger partial charge on any atom is -0.465 e. The molecule has 0 atom stereocenters. The van der Waals surface area contributed by atoms with Gasteiger partial charge in [-0.15, -0.1) is 0 Å². The first kappa shape index (κ1) is 9.22. The van der Waals surface area contributed by atoms with Crippen LogP contribution >= 0.6 is 0 Å². The molecule has 0 aromatic carbocycles. The Morgan fingerprint density at radius 1 is 1.33 bits per heavy atom. The SMILES string of the molecule is N#CC(=Cc1ccco1)c1ccccn1. The van der Waals surface area contributed by atoms with Crippen LogP contribution in [0.4, 0.5) is 0 Å². The molecule has 0 aliphatic rings. The van der Waals surface area contributed by atoms with Gasteiger partial charge in [0.15, 0.2) is 0 Å². The van der Waals surface area contributed by atoms with Crippen molar-refractivity contribution in [2.24, 2.45) is 0 Å². The summed E-state index contributed by atoms with van der Waals surface area (Å²) < 4.78 is 5.13. The number of allylic oxidation sites excluding steroid dienone is 1. The highest BCUT2D eigenvalue weighted by Crippen LogP contribution is 2.15. The molecule has 2 heterocycles. The van der Waals surface area contributed by atoms with Gasteiger partial charge in [-0.25, -0.2) is 0 Å². The lowest BCUT2D eigenvalue weighted by Crippen LogP contribution is -1.84. The van der Waals surface area contributed by atoms with E-state index in [1.165, 1.54) is 0 Å². The van der Waals surface area contributed by atoms with Crippen LogP contribution in [0.25, 0.3) is 11.6 Å². The normalized spacial score (nSPS) is 11.0. The Morgan fingerprint density at radius 3 is 2.87 bits per heavy atom. The zero-order chi connectivity index (χ0) is 10.5. The number of hydrogen-bond acceptors (Lipinski definition) is 3. The average Bonchev–Trinajstić information content (AvgIpc) is 2.80. The summed E-state index contributed by atoms with van der Waals surface area (Å²) in [6, 6.07) is 11.1. The lowest BCUT2D eigenvalue weighted by molar-refractivity contribution is 0.557. The van der Waals surface area contributed by atoms with E-state index in [1.807, 2.05) is 12.1 Å². The van der Waals surface area contributed by atoms with Gasteiger partial charge in [-0.1, -0.05) is 6.07 Å². The monoisotopic (exact) mass is 196 g/mol. The summed E-state index contributed by atoms with van der Waals surface area (Å²) in [6.45, 7) is 0. The van der Waals surface area contributed by atoms with Crippen LogP contribution in [0.2, 0.25) is 0 Å². The Kier molecular flexibility index (Phi) is 2.61. The molecule has 0 spiro atoms. The van der Waals surface area contributed by atoms with Gasteiger partial charge in [-0.3, -0.25) is 4.98 Å². The van der Waals surface area contributed by atoms with Crippen LogP contribution in [-0.4, -0.2) is 4.98 Å². The predicted molar refractivity (Wildman–Crippen MR) is 56.4 cm³/mol. The van der Waals surface area contributed by atoms with Gasteiger partial charge in [-0.2, -0.15) is 5.26 Å². The molecule has 0 saturated heterocycles. The predicted octanol–water partition coefficient (Wildman–Crippen LogP) is 2.74. The van der Waals surface area contributed by atoms with Gasteiger partial charge >= 0.3 is 0 Å². The maximum Gasteiger partial charge on any atom is 0.128 e.